The summed E-state index contributed by atoms with van der Waals surface area (Å²) in [5, 5.41) is 0. The van der Waals surface area contributed by atoms with Gasteiger partial charge in [0.25, 0.3) is 0 Å². The van der Waals surface area contributed by atoms with Gasteiger partial charge in [-0.3, -0.25) is 0 Å². The van der Waals surface area contributed by atoms with Gasteiger partial charge in [-0.2, -0.15) is 13.2 Å². The first-order valence-electron chi connectivity index (χ1n) is 7.90. The first kappa shape index (κ1) is 21.2. The maximum atomic E-state index is 13.0. The Morgan fingerprint density at radius 2 is 1.73 bits per heavy atom. The van der Waals surface area contributed by atoms with Crippen LogP contribution in [0.2, 0.25) is 0 Å². The van der Waals surface area contributed by atoms with Crippen molar-refractivity contribution in [1.29, 1.82) is 0 Å². The molecular weight excluding hydrogens is 437 g/mol. The zero-order valence-corrected chi connectivity index (χ0v) is 17.0. The standard InChI is InChI=1S/C16H20BrF3N2O3S/c1-15(2,3)25-14(23)21-6-8-22(9-7-21)26(24)11-4-5-13(17)12(10-11)16(18,19)20/h4-5,10H,6-9H2,1-3H3. The second-order valence-electron chi connectivity index (χ2n) is 6.78. The molecule has 1 amide bonds. The highest BCUT2D eigenvalue weighted by Crippen LogP contribution is 2.36. The van der Waals surface area contributed by atoms with Gasteiger partial charge in [-0.1, -0.05) is 15.9 Å². The van der Waals surface area contributed by atoms with E-state index in [0.717, 1.165) is 6.07 Å². The van der Waals surface area contributed by atoms with Crippen LogP contribution in [0.15, 0.2) is 27.6 Å². The number of ether oxygens (including phenoxy) is 1. The molecule has 5 nitrogen and oxygen atoms in total. The second kappa shape index (κ2) is 7.85. The van der Waals surface area contributed by atoms with Crippen molar-refractivity contribution in [3.05, 3.63) is 28.2 Å². The summed E-state index contributed by atoms with van der Waals surface area (Å²) in [6.07, 6.45) is -4.99. The number of carbonyl (C=O) groups excluding carboxylic acids is 1. The van der Waals surface area contributed by atoms with Crippen molar-refractivity contribution in [3.8, 4) is 0 Å². The number of hydrogen-bond acceptors (Lipinski definition) is 3. The quantitative estimate of drug-likeness (QED) is 0.674. The zero-order valence-electron chi connectivity index (χ0n) is 14.6. The van der Waals surface area contributed by atoms with E-state index < -0.39 is 34.4 Å². The lowest BCUT2D eigenvalue weighted by Crippen LogP contribution is -2.50. The van der Waals surface area contributed by atoms with Crippen LogP contribution in [0.5, 0.6) is 0 Å². The Morgan fingerprint density at radius 1 is 1.15 bits per heavy atom. The molecular formula is C16H20BrF3N2O3S. The number of nitrogens with zero attached hydrogens (tertiary/aromatic N) is 2. The van der Waals surface area contributed by atoms with E-state index >= 15 is 0 Å². The minimum absolute atomic E-state index is 0.0752. The van der Waals surface area contributed by atoms with Crippen LogP contribution in [0.25, 0.3) is 0 Å². The van der Waals surface area contributed by atoms with Crippen molar-refractivity contribution in [2.45, 2.75) is 37.4 Å². The van der Waals surface area contributed by atoms with Gasteiger partial charge >= 0.3 is 12.3 Å². The van der Waals surface area contributed by atoms with Crippen LogP contribution < -0.4 is 0 Å². The number of halogens is 4. The van der Waals surface area contributed by atoms with E-state index in [-0.39, 0.29) is 22.5 Å². The average Bonchev–Trinajstić information content (AvgIpc) is 2.52. The third-order valence-electron chi connectivity index (χ3n) is 3.57. The monoisotopic (exact) mass is 456 g/mol. The fourth-order valence-corrected chi connectivity index (χ4v) is 4.01. The topological polar surface area (TPSA) is 49.9 Å². The molecule has 146 valence electrons. The lowest BCUT2D eigenvalue weighted by Gasteiger charge is -2.34. The first-order valence-corrected chi connectivity index (χ1v) is 9.80. The third-order valence-corrected chi connectivity index (χ3v) is 5.75. The molecule has 0 saturated carbocycles. The van der Waals surface area contributed by atoms with E-state index in [0.29, 0.717) is 13.1 Å². The molecule has 0 aliphatic carbocycles. The smallest absolute Gasteiger partial charge is 0.417 e. The van der Waals surface area contributed by atoms with Gasteiger partial charge in [0.1, 0.15) is 16.6 Å². The Kier molecular flexibility index (Phi) is 6.40. The molecule has 0 bridgehead atoms. The maximum absolute atomic E-state index is 13.0. The number of hydrogen-bond donors (Lipinski definition) is 0. The van der Waals surface area contributed by atoms with Crippen molar-refractivity contribution in [2.75, 3.05) is 26.2 Å². The molecule has 26 heavy (non-hydrogen) atoms. The number of amides is 1. The molecule has 2 rings (SSSR count). The van der Waals surface area contributed by atoms with E-state index in [1.165, 1.54) is 17.0 Å². The minimum atomic E-state index is -4.53. The van der Waals surface area contributed by atoms with Crippen LogP contribution in [0.1, 0.15) is 26.3 Å². The predicted molar refractivity (Wildman–Crippen MR) is 94.9 cm³/mol. The Bertz CT molecular complexity index is 699. The predicted octanol–water partition coefficient (Wildman–Crippen LogP) is 4.04. The number of benzene rings is 1. The summed E-state index contributed by atoms with van der Waals surface area (Å²) in [6.45, 7) is 6.45. The van der Waals surface area contributed by atoms with Gasteiger partial charge in [0.15, 0.2) is 0 Å². The number of alkyl halides is 3. The van der Waals surface area contributed by atoms with Crippen LogP contribution in [-0.2, 0) is 21.9 Å². The summed E-state index contributed by atoms with van der Waals surface area (Å²) in [4.78, 5) is 13.6. The molecule has 0 N–H and O–H groups in total. The largest absolute Gasteiger partial charge is 0.444 e. The van der Waals surface area contributed by atoms with Crippen molar-refractivity contribution >= 4 is 33.0 Å². The van der Waals surface area contributed by atoms with Gasteiger partial charge in [-0.25, -0.2) is 13.3 Å². The summed E-state index contributed by atoms with van der Waals surface area (Å²) in [6, 6.07) is 3.53. The summed E-state index contributed by atoms with van der Waals surface area (Å²) >= 11 is 2.87. The summed E-state index contributed by atoms with van der Waals surface area (Å²) in [5.41, 5.74) is -1.47. The highest BCUT2D eigenvalue weighted by molar-refractivity contribution is 9.10. The van der Waals surface area contributed by atoms with Crippen molar-refractivity contribution < 1.29 is 26.9 Å². The van der Waals surface area contributed by atoms with Crippen molar-refractivity contribution in [1.82, 2.24) is 9.21 Å². The zero-order chi connectivity index (χ0) is 19.7. The number of carbonyl (C=O) groups is 1. The Hall–Kier alpha value is -1.13. The Morgan fingerprint density at radius 3 is 2.23 bits per heavy atom. The molecule has 1 aliphatic rings. The highest BCUT2D eigenvalue weighted by Gasteiger charge is 2.34. The molecule has 1 aromatic carbocycles. The molecule has 1 heterocycles. The van der Waals surface area contributed by atoms with Crippen molar-refractivity contribution in [2.24, 2.45) is 0 Å². The molecule has 1 fully saturated rings. The summed E-state index contributed by atoms with van der Waals surface area (Å²) in [5.74, 6) is 0. The van der Waals surface area contributed by atoms with E-state index in [1.807, 2.05) is 0 Å². The van der Waals surface area contributed by atoms with Crippen molar-refractivity contribution in [3.63, 3.8) is 0 Å². The van der Waals surface area contributed by atoms with Gasteiger partial charge in [0.2, 0.25) is 0 Å². The molecule has 0 spiro atoms. The molecule has 1 saturated heterocycles. The number of rotatable bonds is 2. The highest BCUT2D eigenvalue weighted by atomic mass is 79.9. The molecule has 1 aliphatic heterocycles. The second-order valence-corrected chi connectivity index (χ2v) is 9.13. The minimum Gasteiger partial charge on any atom is -0.444 e. The number of piperazine rings is 1. The van der Waals surface area contributed by atoms with Gasteiger partial charge < -0.3 is 9.64 Å². The maximum Gasteiger partial charge on any atom is 0.417 e. The molecule has 1 aromatic rings. The van der Waals surface area contributed by atoms with Gasteiger partial charge in [-0.05, 0) is 39.0 Å². The van der Waals surface area contributed by atoms with E-state index in [9.17, 15) is 22.2 Å². The fraction of sp³-hybridized carbons (Fsp3) is 0.562. The van der Waals surface area contributed by atoms with Crippen LogP contribution in [-0.4, -0.2) is 51.3 Å². The molecule has 1 unspecified atom stereocenters. The van der Waals surface area contributed by atoms with Gasteiger partial charge in [0.05, 0.1) is 10.5 Å². The summed E-state index contributed by atoms with van der Waals surface area (Å²) < 4.78 is 58.4. The van der Waals surface area contributed by atoms with Gasteiger partial charge in [0, 0.05) is 30.7 Å². The van der Waals surface area contributed by atoms with Crippen LogP contribution in [0.3, 0.4) is 0 Å². The Labute approximate surface area is 161 Å². The lowest BCUT2D eigenvalue weighted by atomic mass is 10.2. The fourth-order valence-electron chi connectivity index (χ4n) is 2.34. The average molecular weight is 457 g/mol. The van der Waals surface area contributed by atoms with E-state index in [4.69, 9.17) is 4.74 Å². The van der Waals surface area contributed by atoms with Crippen LogP contribution in [0.4, 0.5) is 18.0 Å². The van der Waals surface area contributed by atoms with E-state index in [2.05, 4.69) is 15.9 Å². The Balaban J connectivity index is 2.04. The van der Waals surface area contributed by atoms with E-state index in [1.54, 1.807) is 25.1 Å². The lowest BCUT2D eigenvalue weighted by molar-refractivity contribution is -0.138. The molecule has 0 radical (unpaired) electrons. The first-order chi connectivity index (χ1) is 11.9. The third kappa shape index (κ3) is 5.43. The molecule has 10 heteroatoms. The molecule has 0 aromatic heterocycles. The van der Waals surface area contributed by atoms with Crippen LogP contribution >= 0.6 is 15.9 Å². The summed E-state index contributed by atoms with van der Waals surface area (Å²) in [7, 11) is -1.74. The van der Waals surface area contributed by atoms with Gasteiger partial charge in [-0.15, -0.1) is 0 Å². The van der Waals surface area contributed by atoms with Crippen LogP contribution in [0, 0.1) is 0 Å². The molecule has 1 atom stereocenters. The normalized spacial score (nSPS) is 17.9. The SMILES string of the molecule is CC(C)(C)OC(=O)N1CCN(S(=O)c2ccc(Br)c(C(F)(F)F)c2)CC1.